The number of amides is 2. The van der Waals surface area contributed by atoms with E-state index in [1.54, 1.807) is 0 Å². The summed E-state index contributed by atoms with van der Waals surface area (Å²) < 4.78 is 0. The lowest BCUT2D eigenvalue weighted by Crippen LogP contribution is -2.51. The molecule has 1 fully saturated rings. The maximum absolute atomic E-state index is 12.8. The number of carbonyl (C=O) groups excluding carboxylic acids is 2. The minimum absolute atomic E-state index is 0.126. The van der Waals surface area contributed by atoms with Crippen LogP contribution in [0.3, 0.4) is 0 Å². The summed E-state index contributed by atoms with van der Waals surface area (Å²) in [6, 6.07) is 16.3. The quantitative estimate of drug-likeness (QED) is 0.489. The first-order valence-electron chi connectivity index (χ1n) is 11.3. The van der Waals surface area contributed by atoms with Crippen LogP contribution in [0.15, 0.2) is 60.9 Å². The number of nitrogens with one attached hydrogen (secondary N) is 2. The molecule has 1 aliphatic heterocycles. The summed E-state index contributed by atoms with van der Waals surface area (Å²) in [7, 11) is 0. The number of piperazine rings is 1. The maximum atomic E-state index is 12.8. The number of hydrogen-bond donors (Lipinski definition) is 2. The number of hydrogen-bond acceptors (Lipinski definition) is 2. The summed E-state index contributed by atoms with van der Waals surface area (Å²) in [5.41, 5.74) is 4.49. The Kier molecular flexibility index (Phi) is 5.67. The predicted octanol–water partition coefficient (Wildman–Crippen LogP) is 3.89. The number of fused-ring (bicyclic) bond motifs is 2. The van der Waals surface area contributed by atoms with E-state index >= 15 is 0 Å². The number of benzene rings is 2. The molecule has 1 aliphatic rings. The van der Waals surface area contributed by atoms with Crippen molar-refractivity contribution in [3.63, 3.8) is 0 Å². The van der Waals surface area contributed by atoms with Gasteiger partial charge in [0.25, 0.3) is 0 Å². The number of nitrogens with zero attached hydrogens (tertiary/aromatic N) is 2. The number of rotatable bonds is 6. The molecule has 5 rings (SSSR count). The molecular weight excluding hydrogens is 400 g/mol. The van der Waals surface area contributed by atoms with Crippen LogP contribution in [0.25, 0.3) is 21.8 Å². The van der Waals surface area contributed by atoms with Gasteiger partial charge in [-0.3, -0.25) is 9.59 Å². The highest BCUT2D eigenvalue weighted by molar-refractivity contribution is 5.89. The fraction of sp³-hybridized carbons (Fsp3) is 0.308. The van der Waals surface area contributed by atoms with Crippen molar-refractivity contribution in [2.24, 2.45) is 0 Å². The Balaban J connectivity index is 1.09. The second-order valence-electron chi connectivity index (χ2n) is 8.51. The predicted molar refractivity (Wildman–Crippen MR) is 126 cm³/mol. The topological polar surface area (TPSA) is 72.2 Å². The van der Waals surface area contributed by atoms with Gasteiger partial charge in [0.05, 0.1) is 6.42 Å². The van der Waals surface area contributed by atoms with Crippen LogP contribution in [0.2, 0.25) is 0 Å². The number of aromatic amines is 2. The van der Waals surface area contributed by atoms with Crippen molar-refractivity contribution >= 4 is 33.6 Å². The molecular formula is C26H28N4O2. The molecule has 6 nitrogen and oxygen atoms in total. The molecule has 2 amide bonds. The smallest absolute Gasteiger partial charge is 0.227 e. The normalized spacial score (nSPS) is 14.4. The first kappa shape index (κ1) is 20.4. The van der Waals surface area contributed by atoms with E-state index in [-0.39, 0.29) is 11.8 Å². The Hall–Kier alpha value is -3.54. The fourth-order valence-corrected chi connectivity index (χ4v) is 4.68. The largest absolute Gasteiger partial charge is 0.361 e. The average molecular weight is 429 g/mol. The number of H-pyrrole nitrogens is 2. The van der Waals surface area contributed by atoms with Gasteiger partial charge in [-0.25, -0.2) is 0 Å². The van der Waals surface area contributed by atoms with Gasteiger partial charge in [-0.05, 0) is 36.1 Å². The van der Waals surface area contributed by atoms with Crippen LogP contribution in [0.5, 0.6) is 0 Å². The molecule has 0 atom stereocenters. The second kappa shape index (κ2) is 8.91. The van der Waals surface area contributed by atoms with Crippen molar-refractivity contribution in [3.05, 3.63) is 72.1 Å². The van der Waals surface area contributed by atoms with E-state index in [0.717, 1.165) is 34.8 Å². The molecule has 164 valence electrons. The zero-order valence-corrected chi connectivity index (χ0v) is 18.1. The van der Waals surface area contributed by atoms with Gasteiger partial charge in [0.1, 0.15) is 0 Å². The summed E-state index contributed by atoms with van der Waals surface area (Å²) in [5.74, 6) is 0.315. The molecule has 0 bridgehead atoms. The lowest BCUT2D eigenvalue weighted by atomic mass is 10.1. The minimum Gasteiger partial charge on any atom is -0.361 e. The Morgan fingerprint density at radius 3 is 1.91 bits per heavy atom. The van der Waals surface area contributed by atoms with Gasteiger partial charge in [0.2, 0.25) is 11.8 Å². The Morgan fingerprint density at radius 2 is 1.25 bits per heavy atom. The third kappa shape index (κ3) is 4.13. The molecule has 2 aromatic carbocycles. The van der Waals surface area contributed by atoms with Crippen molar-refractivity contribution in [1.82, 2.24) is 19.8 Å². The molecule has 2 aromatic heterocycles. The molecule has 0 spiro atoms. The van der Waals surface area contributed by atoms with Crippen LogP contribution in [0.4, 0.5) is 0 Å². The molecule has 0 radical (unpaired) electrons. The molecule has 6 heteroatoms. The van der Waals surface area contributed by atoms with E-state index in [1.807, 2.05) is 58.6 Å². The van der Waals surface area contributed by atoms with E-state index in [2.05, 4.69) is 22.1 Å². The molecule has 32 heavy (non-hydrogen) atoms. The molecule has 3 heterocycles. The van der Waals surface area contributed by atoms with Crippen LogP contribution in [0, 0.1) is 0 Å². The standard InChI is InChI=1S/C26H28N4O2/c31-25(11-5-6-19-17-27-23-9-3-1-7-21(19)23)29-12-14-30(15-13-29)26(32)16-20-18-28-24-10-4-2-8-22(20)24/h1-4,7-10,17-18,27-28H,5-6,11-16H2. The van der Waals surface area contributed by atoms with Crippen LogP contribution in [0.1, 0.15) is 24.0 Å². The summed E-state index contributed by atoms with van der Waals surface area (Å²) in [5, 5.41) is 2.34. The van der Waals surface area contributed by atoms with E-state index in [9.17, 15) is 9.59 Å². The van der Waals surface area contributed by atoms with Gasteiger partial charge >= 0.3 is 0 Å². The van der Waals surface area contributed by atoms with Gasteiger partial charge in [-0.15, -0.1) is 0 Å². The Labute approximate surface area is 187 Å². The van der Waals surface area contributed by atoms with Crippen molar-refractivity contribution < 1.29 is 9.59 Å². The third-order valence-electron chi connectivity index (χ3n) is 6.51. The first-order valence-corrected chi connectivity index (χ1v) is 11.3. The molecule has 0 saturated carbocycles. The summed E-state index contributed by atoms with van der Waals surface area (Å²) in [6.07, 6.45) is 6.63. The third-order valence-corrected chi connectivity index (χ3v) is 6.51. The van der Waals surface area contributed by atoms with Gasteiger partial charge in [-0.1, -0.05) is 36.4 Å². The van der Waals surface area contributed by atoms with E-state index < -0.39 is 0 Å². The monoisotopic (exact) mass is 428 g/mol. The van der Waals surface area contributed by atoms with Gasteiger partial charge in [0.15, 0.2) is 0 Å². The van der Waals surface area contributed by atoms with Crippen LogP contribution in [-0.2, 0) is 22.4 Å². The van der Waals surface area contributed by atoms with Crippen LogP contribution in [-0.4, -0.2) is 57.8 Å². The second-order valence-corrected chi connectivity index (χ2v) is 8.51. The van der Waals surface area contributed by atoms with Crippen LogP contribution < -0.4 is 0 Å². The molecule has 0 aliphatic carbocycles. The lowest BCUT2D eigenvalue weighted by Gasteiger charge is -2.35. The van der Waals surface area contributed by atoms with Crippen molar-refractivity contribution in [2.75, 3.05) is 26.2 Å². The molecule has 4 aromatic rings. The first-order chi connectivity index (χ1) is 15.7. The minimum atomic E-state index is 0.126. The zero-order valence-electron chi connectivity index (χ0n) is 18.1. The molecule has 0 unspecified atom stereocenters. The zero-order chi connectivity index (χ0) is 21.9. The number of aryl methyl sites for hydroxylation is 1. The highest BCUT2D eigenvalue weighted by Gasteiger charge is 2.24. The summed E-state index contributed by atoms with van der Waals surface area (Å²) in [6.45, 7) is 2.45. The Bertz CT molecular complexity index is 1250. The van der Waals surface area contributed by atoms with Gasteiger partial charge in [0, 0.05) is 66.8 Å². The number of carbonyl (C=O) groups is 2. The van der Waals surface area contributed by atoms with E-state index in [0.29, 0.717) is 39.0 Å². The molecule has 2 N–H and O–H groups in total. The number of aromatic nitrogens is 2. The SMILES string of the molecule is O=C(CCCc1c[nH]c2ccccc12)N1CCN(C(=O)Cc2c[nH]c3ccccc23)CC1. The van der Waals surface area contributed by atoms with Gasteiger partial charge < -0.3 is 19.8 Å². The van der Waals surface area contributed by atoms with Crippen LogP contribution >= 0.6 is 0 Å². The summed E-state index contributed by atoms with van der Waals surface area (Å²) in [4.78, 5) is 35.8. The van der Waals surface area contributed by atoms with E-state index in [4.69, 9.17) is 0 Å². The lowest BCUT2D eigenvalue weighted by molar-refractivity contribution is -0.139. The maximum Gasteiger partial charge on any atom is 0.227 e. The Morgan fingerprint density at radius 1 is 0.719 bits per heavy atom. The fourth-order valence-electron chi connectivity index (χ4n) is 4.68. The highest BCUT2D eigenvalue weighted by Crippen LogP contribution is 2.21. The van der Waals surface area contributed by atoms with Crippen molar-refractivity contribution in [1.29, 1.82) is 0 Å². The highest BCUT2D eigenvalue weighted by atomic mass is 16.2. The van der Waals surface area contributed by atoms with Gasteiger partial charge in [-0.2, -0.15) is 0 Å². The average Bonchev–Trinajstić information content (AvgIpc) is 3.43. The van der Waals surface area contributed by atoms with Crippen molar-refractivity contribution in [2.45, 2.75) is 25.7 Å². The van der Waals surface area contributed by atoms with E-state index in [1.165, 1.54) is 10.9 Å². The molecule has 1 saturated heterocycles. The summed E-state index contributed by atoms with van der Waals surface area (Å²) >= 11 is 0. The number of para-hydroxylation sites is 2. The van der Waals surface area contributed by atoms with Crippen molar-refractivity contribution in [3.8, 4) is 0 Å².